The number of hydrogen-bond acceptors (Lipinski definition) is 3. The maximum Gasteiger partial charge on any atom is 0.223 e. The van der Waals surface area contributed by atoms with Crippen LogP contribution in [0.25, 0.3) is 0 Å². The Kier molecular flexibility index (Phi) is 5.87. The number of benzene rings is 1. The van der Waals surface area contributed by atoms with Crippen molar-refractivity contribution in [3.63, 3.8) is 0 Å². The molecule has 1 heterocycles. The number of carbonyl (C=O) groups excluding carboxylic acids is 1. The molecular weight excluding hydrogens is 314 g/mol. The Morgan fingerprint density at radius 2 is 2.00 bits per heavy atom. The lowest BCUT2D eigenvalue weighted by molar-refractivity contribution is -0.126. The molecule has 0 aliphatic heterocycles. The molecule has 1 aliphatic rings. The van der Waals surface area contributed by atoms with Crippen LogP contribution < -0.4 is 5.32 Å². The van der Waals surface area contributed by atoms with E-state index in [0.29, 0.717) is 6.54 Å². The van der Waals surface area contributed by atoms with Gasteiger partial charge in [0.2, 0.25) is 5.91 Å². The second kappa shape index (κ2) is 8.30. The fourth-order valence-corrected chi connectivity index (χ4v) is 3.56. The van der Waals surface area contributed by atoms with E-state index in [-0.39, 0.29) is 12.3 Å². The van der Waals surface area contributed by atoms with E-state index in [9.17, 15) is 9.90 Å². The number of amides is 1. The highest BCUT2D eigenvalue weighted by atomic mass is 16.3. The maximum atomic E-state index is 12.1. The van der Waals surface area contributed by atoms with Crippen molar-refractivity contribution in [2.45, 2.75) is 63.6 Å². The SMILES string of the molecule is O=C(CC1(O)CCCC1)NCc1nccn1CCCc1ccccc1. The lowest BCUT2D eigenvalue weighted by Crippen LogP contribution is -2.34. The number of aryl methyl sites for hydroxylation is 2. The summed E-state index contributed by atoms with van der Waals surface area (Å²) >= 11 is 0. The zero-order chi connectivity index (χ0) is 17.5. The zero-order valence-corrected chi connectivity index (χ0v) is 14.7. The molecule has 1 saturated carbocycles. The quantitative estimate of drug-likeness (QED) is 0.776. The highest BCUT2D eigenvalue weighted by Crippen LogP contribution is 2.32. The molecule has 1 fully saturated rings. The number of nitrogens with one attached hydrogen (secondary N) is 1. The van der Waals surface area contributed by atoms with Crippen molar-refractivity contribution in [2.24, 2.45) is 0 Å². The molecule has 5 nitrogen and oxygen atoms in total. The Bertz CT molecular complexity index is 675. The van der Waals surface area contributed by atoms with E-state index in [1.807, 2.05) is 12.3 Å². The van der Waals surface area contributed by atoms with E-state index >= 15 is 0 Å². The summed E-state index contributed by atoms with van der Waals surface area (Å²) in [6, 6.07) is 10.4. The lowest BCUT2D eigenvalue weighted by atomic mass is 9.98. The first-order valence-electron chi connectivity index (χ1n) is 9.18. The second-order valence-electron chi connectivity index (χ2n) is 7.01. The first kappa shape index (κ1) is 17.7. The average Bonchev–Trinajstić information content (AvgIpc) is 3.23. The van der Waals surface area contributed by atoms with Crippen LogP contribution in [0.2, 0.25) is 0 Å². The fourth-order valence-electron chi connectivity index (χ4n) is 3.56. The number of carbonyl (C=O) groups is 1. The molecular formula is C20H27N3O2. The van der Waals surface area contributed by atoms with Gasteiger partial charge in [-0.05, 0) is 31.2 Å². The predicted molar refractivity (Wildman–Crippen MR) is 96.9 cm³/mol. The van der Waals surface area contributed by atoms with Crippen molar-refractivity contribution in [2.75, 3.05) is 0 Å². The Morgan fingerprint density at radius 3 is 2.76 bits per heavy atom. The number of aromatic nitrogens is 2. The molecule has 2 aromatic rings. The van der Waals surface area contributed by atoms with Crippen LogP contribution in [0.15, 0.2) is 42.7 Å². The molecule has 1 aromatic heterocycles. The van der Waals surface area contributed by atoms with Crippen LogP contribution >= 0.6 is 0 Å². The molecule has 134 valence electrons. The Labute approximate surface area is 149 Å². The van der Waals surface area contributed by atoms with Gasteiger partial charge in [-0.3, -0.25) is 4.79 Å². The van der Waals surface area contributed by atoms with Gasteiger partial charge >= 0.3 is 0 Å². The largest absolute Gasteiger partial charge is 0.389 e. The molecule has 0 radical (unpaired) electrons. The predicted octanol–water partition coefficient (Wildman–Crippen LogP) is 2.83. The van der Waals surface area contributed by atoms with E-state index < -0.39 is 5.60 Å². The van der Waals surface area contributed by atoms with Crippen molar-refractivity contribution in [1.82, 2.24) is 14.9 Å². The highest BCUT2D eigenvalue weighted by molar-refractivity contribution is 5.76. The smallest absolute Gasteiger partial charge is 0.223 e. The number of rotatable bonds is 8. The maximum absolute atomic E-state index is 12.1. The Balaban J connectivity index is 1.44. The number of aliphatic hydroxyl groups is 1. The summed E-state index contributed by atoms with van der Waals surface area (Å²) in [7, 11) is 0. The minimum absolute atomic E-state index is 0.0942. The first-order valence-corrected chi connectivity index (χ1v) is 9.18. The van der Waals surface area contributed by atoms with Gasteiger partial charge in [-0.25, -0.2) is 4.98 Å². The third kappa shape index (κ3) is 5.16. The molecule has 0 saturated heterocycles. The molecule has 1 aromatic carbocycles. The van der Waals surface area contributed by atoms with Gasteiger partial charge in [0.05, 0.1) is 18.6 Å². The van der Waals surface area contributed by atoms with Gasteiger partial charge < -0.3 is 15.0 Å². The second-order valence-corrected chi connectivity index (χ2v) is 7.01. The van der Waals surface area contributed by atoms with E-state index in [4.69, 9.17) is 0 Å². The first-order chi connectivity index (χ1) is 12.1. The Morgan fingerprint density at radius 1 is 1.24 bits per heavy atom. The van der Waals surface area contributed by atoms with Crippen molar-refractivity contribution in [1.29, 1.82) is 0 Å². The fraction of sp³-hybridized carbons (Fsp3) is 0.500. The molecule has 0 unspecified atom stereocenters. The zero-order valence-electron chi connectivity index (χ0n) is 14.7. The standard InChI is InChI=1S/C20H27N3O2/c24-19(15-20(25)10-4-5-11-20)22-16-18-21-12-14-23(18)13-6-9-17-7-2-1-3-8-17/h1-3,7-8,12,14,25H,4-6,9-11,13,15-16H2,(H,22,24). The Hall–Kier alpha value is -2.14. The van der Waals surface area contributed by atoms with Crippen LogP contribution in [0.1, 0.15) is 49.9 Å². The van der Waals surface area contributed by atoms with Crippen molar-refractivity contribution in [3.8, 4) is 0 Å². The minimum Gasteiger partial charge on any atom is -0.389 e. The number of nitrogens with zero attached hydrogens (tertiary/aromatic N) is 2. The minimum atomic E-state index is -0.796. The molecule has 25 heavy (non-hydrogen) atoms. The molecule has 1 amide bonds. The van der Waals surface area contributed by atoms with Gasteiger partial charge in [-0.1, -0.05) is 43.2 Å². The van der Waals surface area contributed by atoms with Crippen molar-refractivity contribution in [3.05, 3.63) is 54.1 Å². The summed E-state index contributed by atoms with van der Waals surface area (Å²) in [6.45, 7) is 1.29. The average molecular weight is 341 g/mol. The van der Waals surface area contributed by atoms with Crippen LogP contribution in [-0.4, -0.2) is 26.2 Å². The van der Waals surface area contributed by atoms with Crippen LogP contribution in [0.4, 0.5) is 0 Å². The van der Waals surface area contributed by atoms with Crippen LogP contribution in [0.5, 0.6) is 0 Å². The highest BCUT2D eigenvalue weighted by Gasteiger charge is 2.33. The molecule has 1 aliphatic carbocycles. The molecule has 2 N–H and O–H groups in total. The van der Waals surface area contributed by atoms with Crippen LogP contribution in [0.3, 0.4) is 0 Å². The van der Waals surface area contributed by atoms with Crippen molar-refractivity contribution < 1.29 is 9.90 Å². The summed E-state index contributed by atoms with van der Waals surface area (Å²) in [5, 5.41) is 13.2. The lowest BCUT2D eigenvalue weighted by Gasteiger charge is -2.21. The topological polar surface area (TPSA) is 67.2 Å². The molecule has 3 rings (SSSR count). The van der Waals surface area contributed by atoms with Gasteiger partial charge in [-0.15, -0.1) is 0 Å². The third-order valence-electron chi connectivity index (χ3n) is 4.98. The molecule has 0 atom stereocenters. The summed E-state index contributed by atoms with van der Waals surface area (Å²) in [6.07, 6.45) is 9.46. The van der Waals surface area contributed by atoms with Gasteiger partial charge in [0, 0.05) is 18.9 Å². The third-order valence-corrected chi connectivity index (χ3v) is 4.98. The van der Waals surface area contributed by atoms with Crippen molar-refractivity contribution >= 4 is 5.91 Å². The van der Waals surface area contributed by atoms with Gasteiger partial charge in [0.25, 0.3) is 0 Å². The van der Waals surface area contributed by atoms with E-state index in [1.54, 1.807) is 6.20 Å². The summed E-state index contributed by atoms with van der Waals surface area (Å²) in [4.78, 5) is 16.5. The molecule has 0 bridgehead atoms. The summed E-state index contributed by atoms with van der Waals surface area (Å²) in [5.41, 5.74) is 0.539. The van der Waals surface area contributed by atoms with E-state index in [0.717, 1.165) is 50.9 Å². The van der Waals surface area contributed by atoms with Gasteiger partial charge in [0.15, 0.2) is 0 Å². The molecule has 5 heteroatoms. The normalized spacial score (nSPS) is 16.0. The van der Waals surface area contributed by atoms with Crippen LogP contribution in [0, 0.1) is 0 Å². The van der Waals surface area contributed by atoms with E-state index in [2.05, 4.69) is 39.1 Å². The number of hydrogen-bond donors (Lipinski definition) is 2. The molecule has 0 spiro atoms. The van der Waals surface area contributed by atoms with Crippen LogP contribution in [-0.2, 0) is 24.3 Å². The monoisotopic (exact) mass is 341 g/mol. The number of imidazole rings is 1. The van der Waals surface area contributed by atoms with Gasteiger partial charge in [-0.2, -0.15) is 0 Å². The van der Waals surface area contributed by atoms with Gasteiger partial charge in [0.1, 0.15) is 5.82 Å². The summed E-state index contributed by atoms with van der Waals surface area (Å²) < 4.78 is 2.09. The van der Waals surface area contributed by atoms with E-state index in [1.165, 1.54) is 5.56 Å². The summed E-state index contributed by atoms with van der Waals surface area (Å²) in [5.74, 6) is 0.767.